The summed E-state index contributed by atoms with van der Waals surface area (Å²) in [5, 5.41) is 5.61. The predicted octanol–water partition coefficient (Wildman–Crippen LogP) is 5.82. The molecule has 2 aromatic carbocycles. The Balaban J connectivity index is 1.33. The molecule has 2 aromatic rings. The van der Waals surface area contributed by atoms with E-state index < -0.39 is 47.3 Å². The number of carbonyl (C=O) groups is 4. The molecule has 44 heavy (non-hydrogen) atoms. The van der Waals surface area contributed by atoms with Crippen LogP contribution in [0.2, 0.25) is 0 Å². The van der Waals surface area contributed by atoms with Gasteiger partial charge >= 0.3 is 12.1 Å². The summed E-state index contributed by atoms with van der Waals surface area (Å²) in [6, 6.07) is 6.08. The number of nitrogens with zero attached hydrogens (tertiary/aromatic N) is 3. The van der Waals surface area contributed by atoms with Gasteiger partial charge in [-0.05, 0) is 94.1 Å². The maximum Gasteiger partial charge on any atom is 0.352 e. The summed E-state index contributed by atoms with van der Waals surface area (Å²) in [6.45, 7) is 8.94. The van der Waals surface area contributed by atoms with Crippen molar-refractivity contribution in [2.45, 2.75) is 58.9 Å². The minimum atomic E-state index is -1.69. The summed E-state index contributed by atoms with van der Waals surface area (Å²) < 4.78 is 41.9. The van der Waals surface area contributed by atoms with Crippen LogP contribution in [0.1, 0.15) is 70.0 Å². The molecule has 0 bridgehead atoms. The van der Waals surface area contributed by atoms with Crippen LogP contribution < -0.4 is 10.6 Å². The quantitative estimate of drug-likeness (QED) is 0.274. The molecule has 2 N–H and O–H groups in total. The lowest BCUT2D eigenvalue weighted by Gasteiger charge is -2.37. The highest BCUT2D eigenvalue weighted by Crippen LogP contribution is 2.36. The molecule has 2 aliphatic rings. The van der Waals surface area contributed by atoms with E-state index in [9.17, 15) is 32.3 Å². The number of likely N-dealkylation sites (tertiary alicyclic amines) is 1. The number of ketones is 1. The monoisotopic (exact) mass is 613 g/mol. The molecule has 2 heterocycles. The summed E-state index contributed by atoms with van der Waals surface area (Å²) >= 11 is 0. The van der Waals surface area contributed by atoms with Crippen LogP contribution in [0.15, 0.2) is 41.4 Å². The lowest BCUT2D eigenvalue weighted by atomic mass is 9.84. The minimum absolute atomic E-state index is 0.0241. The number of carbonyl (C=O) groups excluding carboxylic acids is 4. The van der Waals surface area contributed by atoms with Gasteiger partial charge in [0.1, 0.15) is 5.78 Å². The summed E-state index contributed by atoms with van der Waals surface area (Å²) in [6.07, 6.45) is 2.44. The maximum absolute atomic E-state index is 14.1. The number of anilines is 1. The molecule has 0 aromatic heterocycles. The molecular formula is C32H38F3N5O4. The highest BCUT2D eigenvalue weighted by Gasteiger charge is 2.44. The van der Waals surface area contributed by atoms with Crippen molar-refractivity contribution in [3.8, 4) is 0 Å². The van der Waals surface area contributed by atoms with Crippen molar-refractivity contribution in [2.75, 3.05) is 31.5 Å². The third kappa shape index (κ3) is 7.53. The first-order valence-corrected chi connectivity index (χ1v) is 14.8. The fourth-order valence-corrected chi connectivity index (χ4v) is 5.82. The van der Waals surface area contributed by atoms with Gasteiger partial charge < -0.3 is 15.5 Å². The number of nitrogens with one attached hydrogen (secondary N) is 2. The molecule has 1 saturated heterocycles. The van der Waals surface area contributed by atoms with Crippen LogP contribution in [0.5, 0.6) is 0 Å². The van der Waals surface area contributed by atoms with E-state index in [0.29, 0.717) is 35.9 Å². The van der Waals surface area contributed by atoms with Crippen LogP contribution in [0.4, 0.5) is 28.4 Å². The Morgan fingerprint density at radius 2 is 1.68 bits per heavy atom. The standard InChI is InChI=1S/C32H38F3N5O4/c1-18(2)30(42)38-24-8-5-7-22(15-24)21-9-13-39(14-10-21)12-6-11-36-31(43)40-29(23-16-25(33)28(35)26(34)17-23)27(20(4)41)19(3)37-32(40)44/h5,7-8,15-18,21,27,29H,6,9-14H2,1-4H3,(H,36,43)(H,38,42). The molecule has 0 spiro atoms. The van der Waals surface area contributed by atoms with Crippen molar-refractivity contribution in [1.29, 1.82) is 0 Å². The molecule has 2 atom stereocenters. The van der Waals surface area contributed by atoms with Crippen LogP contribution in [0.25, 0.3) is 0 Å². The second-order valence-corrected chi connectivity index (χ2v) is 11.7. The molecule has 2 aliphatic heterocycles. The van der Waals surface area contributed by atoms with Crippen LogP contribution in [0.3, 0.4) is 0 Å². The predicted molar refractivity (Wildman–Crippen MR) is 160 cm³/mol. The van der Waals surface area contributed by atoms with Gasteiger partial charge in [-0.3, -0.25) is 9.59 Å². The fraction of sp³-hybridized carbons (Fsp3) is 0.469. The average Bonchev–Trinajstić information content (AvgIpc) is 2.97. The van der Waals surface area contributed by atoms with Crippen molar-refractivity contribution >= 4 is 35.2 Å². The lowest BCUT2D eigenvalue weighted by Crippen LogP contribution is -2.52. The van der Waals surface area contributed by atoms with Crippen molar-refractivity contribution in [3.05, 3.63) is 65.0 Å². The maximum atomic E-state index is 14.1. The van der Waals surface area contributed by atoms with E-state index in [4.69, 9.17) is 0 Å². The van der Waals surface area contributed by atoms with Gasteiger partial charge in [0.25, 0.3) is 0 Å². The topological polar surface area (TPSA) is 111 Å². The zero-order chi connectivity index (χ0) is 32.1. The molecule has 5 amide bonds. The van der Waals surface area contributed by atoms with Crippen molar-refractivity contribution < 1.29 is 32.3 Å². The third-order valence-corrected chi connectivity index (χ3v) is 8.19. The van der Waals surface area contributed by atoms with Crippen LogP contribution >= 0.6 is 0 Å². The number of aliphatic imine (C=N–C) groups is 1. The molecule has 12 heteroatoms. The molecule has 0 aliphatic carbocycles. The number of Topliss-reactive ketones (excluding diaryl/α,β-unsaturated/α-hetero) is 1. The summed E-state index contributed by atoms with van der Waals surface area (Å²) in [5.41, 5.74) is 1.84. The van der Waals surface area contributed by atoms with Crippen LogP contribution in [0, 0.1) is 29.3 Å². The number of piperidine rings is 1. The Morgan fingerprint density at radius 1 is 1.02 bits per heavy atom. The molecule has 0 radical (unpaired) electrons. The van der Waals surface area contributed by atoms with Gasteiger partial charge in [-0.2, -0.15) is 0 Å². The molecule has 4 rings (SSSR count). The van der Waals surface area contributed by atoms with Gasteiger partial charge in [-0.25, -0.2) is 32.7 Å². The Hall–Kier alpha value is -4.06. The Bertz CT molecular complexity index is 1430. The SMILES string of the molecule is CC(=O)C1C(C)=NC(=O)N(C(=O)NCCCN2CCC(c3cccc(NC(=O)C(C)C)c3)CC2)C1c1cc(F)c(F)c(F)c1. The van der Waals surface area contributed by atoms with E-state index in [0.717, 1.165) is 31.6 Å². The van der Waals surface area contributed by atoms with Gasteiger partial charge in [-0.1, -0.05) is 26.0 Å². The van der Waals surface area contributed by atoms with E-state index >= 15 is 0 Å². The van der Waals surface area contributed by atoms with Crippen LogP contribution in [-0.4, -0.2) is 65.4 Å². The first-order chi connectivity index (χ1) is 20.9. The van der Waals surface area contributed by atoms with Gasteiger partial charge in [0.15, 0.2) is 17.5 Å². The van der Waals surface area contributed by atoms with E-state index in [-0.39, 0.29) is 29.6 Å². The van der Waals surface area contributed by atoms with Crippen LogP contribution in [-0.2, 0) is 9.59 Å². The van der Waals surface area contributed by atoms with Gasteiger partial charge in [0.2, 0.25) is 5.91 Å². The molecular weight excluding hydrogens is 575 g/mol. The number of amides is 5. The second kappa shape index (κ2) is 14.1. The third-order valence-electron chi connectivity index (χ3n) is 8.19. The zero-order valence-corrected chi connectivity index (χ0v) is 25.3. The second-order valence-electron chi connectivity index (χ2n) is 11.7. The smallest absolute Gasteiger partial charge is 0.338 e. The van der Waals surface area contributed by atoms with E-state index in [1.807, 2.05) is 32.0 Å². The number of halogens is 3. The molecule has 1 fully saturated rings. The number of hydrogen-bond acceptors (Lipinski definition) is 5. The minimum Gasteiger partial charge on any atom is -0.338 e. The summed E-state index contributed by atoms with van der Waals surface area (Å²) in [4.78, 5) is 57.4. The summed E-state index contributed by atoms with van der Waals surface area (Å²) in [5.74, 6) is -6.06. The van der Waals surface area contributed by atoms with E-state index in [2.05, 4.69) is 26.6 Å². The summed E-state index contributed by atoms with van der Waals surface area (Å²) in [7, 11) is 0. The Kier molecular flexibility index (Phi) is 10.6. The lowest BCUT2D eigenvalue weighted by molar-refractivity contribution is -0.120. The van der Waals surface area contributed by atoms with E-state index in [1.165, 1.54) is 19.4 Å². The first kappa shape index (κ1) is 32.8. The highest BCUT2D eigenvalue weighted by atomic mass is 19.2. The normalized spacial score (nSPS) is 19.6. The molecule has 9 nitrogen and oxygen atoms in total. The van der Waals surface area contributed by atoms with Crippen molar-refractivity contribution in [2.24, 2.45) is 16.8 Å². The Labute approximate surface area is 254 Å². The van der Waals surface area contributed by atoms with Crippen molar-refractivity contribution in [1.82, 2.24) is 15.1 Å². The molecule has 2 unspecified atom stereocenters. The van der Waals surface area contributed by atoms with Crippen molar-refractivity contribution in [3.63, 3.8) is 0 Å². The largest absolute Gasteiger partial charge is 0.352 e. The number of benzene rings is 2. The first-order valence-electron chi connectivity index (χ1n) is 14.8. The molecule has 236 valence electrons. The van der Waals surface area contributed by atoms with E-state index in [1.54, 1.807) is 0 Å². The van der Waals surface area contributed by atoms with Gasteiger partial charge in [0.05, 0.1) is 12.0 Å². The Morgan fingerprint density at radius 3 is 2.30 bits per heavy atom. The fourth-order valence-electron chi connectivity index (χ4n) is 5.82. The highest BCUT2D eigenvalue weighted by molar-refractivity contribution is 6.12. The number of imide groups is 1. The average molecular weight is 614 g/mol. The number of urea groups is 2. The van der Waals surface area contributed by atoms with Gasteiger partial charge in [0, 0.05) is 23.9 Å². The van der Waals surface area contributed by atoms with Gasteiger partial charge in [-0.15, -0.1) is 0 Å². The molecule has 0 saturated carbocycles. The number of hydrogen-bond donors (Lipinski definition) is 2. The zero-order valence-electron chi connectivity index (χ0n) is 25.3. The number of rotatable bonds is 9.